The molecular formula is C33H31ClN2O5. The van der Waals surface area contributed by atoms with Crippen molar-refractivity contribution >= 4 is 17.6 Å². The molecule has 4 aromatic rings. The molecule has 2 atom stereocenters. The maximum Gasteiger partial charge on any atom is 0.323 e. The van der Waals surface area contributed by atoms with Gasteiger partial charge in [0.05, 0.1) is 22.8 Å². The van der Waals surface area contributed by atoms with Crippen molar-refractivity contribution in [1.82, 2.24) is 5.32 Å². The lowest BCUT2D eigenvalue weighted by atomic mass is 9.97. The summed E-state index contributed by atoms with van der Waals surface area (Å²) in [4.78, 5) is 11.6. The molecule has 8 heteroatoms. The van der Waals surface area contributed by atoms with Gasteiger partial charge in [0, 0.05) is 18.2 Å². The lowest BCUT2D eigenvalue weighted by molar-refractivity contribution is -0.142. The van der Waals surface area contributed by atoms with Crippen LogP contribution in [-0.2, 0) is 24.6 Å². The minimum Gasteiger partial charge on any atom is -0.488 e. The quantitative estimate of drug-likeness (QED) is 0.184. The third kappa shape index (κ3) is 7.65. The monoisotopic (exact) mass is 570 g/mol. The van der Waals surface area contributed by atoms with Crippen molar-refractivity contribution < 1.29 is 24.5 Å². The number of nitrogens with one attached hydrogen (secondary N) is 1. The smallest absolute Gasteiger partial charge is 0.323 e. The molecule has 210 valence electrons. The molecule has 0 amide bonds. The lowest BCUT2D eigenvalue weighted by Gasteiger charge is -2.20. The van der Waals surface area contributed by atoms with Crippen molar-refractivity contribution in [1.29, 1.82) is 5.26 Å². The molecule has 0 unspecified atom stereocenters. The normalized spacial score (nSPS) is 12.3. The number of benzene rings is 4. The average Bonchev–Trinajstić information content (AvgIpc) is 2.97. The minimum absolute atomic E-state index is 0.0770. The number of nitrogens with zero attached hydrogens (tertiary/aromatic N) is 1. The summed E-state index contributed by atoms with van der Waals surface area (Å²) in [5.41, 5.74) is 6.24. The van der Waals surface area contributed by atoms with Gasteiger partial charge in [-0.05, 0) is 59.9 Å². The second kappa shape index (κ2) is 13.8. The van der Waals surface area contributed by atoms with Crippen LogP contribution in [0.1, 0.15) is 34.7 Å². The van der Waals surface area contributed by atoms with Crippen LogP contribution < -0.4 is 14.8 Å². The zero-order valence-electron chi connectivity index (χ0n) is 22.8. The number of hydrogen-bond donors (Lipinski definition) is 3. The molecule has 0 aliphatic rings. The molecule has 4 rings (SSSR count). The number of rotatable bonds is 12. The Bertz CT molecular complexity index is 1550. The number of halogens is 1. The Morgan fingerprint density at radius 2 is 1.68 bits per heavy atom. The Morgan fingerprint density at radius 1 is 0.951 bits per heavy atom. The van der Waals surface area contributed by atoms with Crippen molar-refractivity contribution in [3.8, 4) is 28.7 Å². The molecule has 3 N–H and O–H groups in total. The number of aliphatic hydroxyl groups is 1. The van der Waals surface area contributed by atoms with Crippen molar-refractivity contribution in [3.05, 3.63) is 118 Å². The first kappa shape index (κ1) is 29.6. The van der Waals surface area contributed by atoms with E-state index in [2.05, 4.69) is 36.5 Å². The molecule has 7 nitrogen and oxygen atoms in total. The van der Waals surface area contributed by atoms with Gasteiger partial charge < -0.3 is 19.7 Å². The first-order valence-corrected chi connectivity index (χ1v) is 13.5. The fraction of sp³-hybridized carbons (Fsp3) is 0.212. The summed E-state index contributed by atoms with van der Waals surface area (Å²) in [6.07, 6.45) is -1.11. The maximum absolute atomic E-state index is 11.6. The molecule has 0 spiro atoms. The summed E-state index contributed by atoms with van der Waals surface area (Å²) in [5.74, 6) is -0.329. The summed E-state index contributed by atoms with van der Waals surface area (Å²) in [5, 5.41) is 31.7. The van der Waals surface area contributed by atoms with E-state index in [4.69, 9.17) is 21.1 Å². The van der Waals surface area contributed by atoms with E-state index in [1.807, 2.05) is 36.4 Å². The van der Waals surface area contributed by atoms with Crippen LogP contribution in [0.3, 0.4) is 0 Å². The van der Waals surface area contributed by atoms with E-state index in [1.54, 1.807) is 30.3 Å². The van der Waals surface area contributed by atoms with Crippen LogP contribution in [0.4, 0.5) is 0 Å². The molecule has 0 bridgehead atoms. The number of carboxylic acid groups (broad SMARTS) is 1. The van der Waals surface area contributed by atoms with Crippen molar-refractivity contribution in [2.24, 2.45) is 0 Å². The van der Waals surface area contributed by atoms with Gasteiger partial charge in [-0.1, -0.05) is 72.3 Å². The van der Waals surface area contributed by atoms with E-state index >= 15 is 0 Å². The van der Waals surface area contributed by atoms with Crippen LogP contribution in [-0.4, -0.2) is 28.3 Å². The second-order valence-corrected chi connectivity index (χ2v) is 10.1. The number of hydrogen-bond acceptors (Lipinski definition) is 6. The Balaban J connectivity index is 1.59. The highest BCUT2D eigenvalue weighted by molar-refractivity contribution is 6.32. The molecule has 0 heterocycles. The largest absolute Gasteiger partial charge is 0.488 e. The van der Waals surface area contributed by atoms with Gasteiger partial charge in [-0.25, -0.2) is 0 Å². The fourth-order valence-corrected chi connectivity index (χ4v) is 4.70. The average molecular weight is 571 g/mol. The summed E-state index contributed by atoms with van der Waals surface area (Å²) >= 11 is 6.62. The highest BCUT2D eigenvalue weighted by Gasteiger charge is 2.23. The Labute approximate surface area is 244 Å². The third-order valence-electron chi connectivity index (χ3n) is 6.74. The van der Waals surface area contributed by atoms with E-state index in [0.29, 0.717) is 27.6 Å². The number of aliphatic hydroxyl groups excluding tert-OH is 1. The standard InChI is InChI=1S/C33H31ClN2O5/c1-21-26(12-7-13-28(21)25-10-4-3-5-11-25)20-41-31-16-30(40-19-24-9-6-8-23(14-24)17-35)27(15-29(31)34)18-36-32(22(2)37)33(38)39/h3-16,22,32,36-37H,18-20H2,1-2H3,(H,38,39)/t22-,32-/m0/s1. The van der Waals surface area contributed by atoms with Crippen LogP contribution in [0, 0.1) is 18.3 Å². The van der Waals surface area contributed by atoms with Gasteiger partial charge in [0.25, 0.3) is 0 Å². The lowest BCUT2D eigenvalue weighted by Crippen LogP contribution is -2.44. The summed E-state index contributed by atoms with van der Waals surface area (Å²) in [6.45, 7) is 3.98. The number of ether oxygens (including phenoxy) is 2. The van der Waals surface area contributed by atoms with Gasteiger partial charge >= 0.3 is 5.97 Å². The fourth-order valence-electron chi connectivity index (χ4n) is 4.46. The molecule has 0 aliphatic heterocycles. The van der Waals surface area contributed by atoms with Crippen LogP contribution >= 0.6 is 11.6 Å². The summed E-state index contributed by atoms with van der Waals surface area (Å²) in [7, 11) is 0. The highest BCUT2D eigenvalue weighted by Crippen LogP contribution is 2.35. The molecular weight excluding hydrogens is 540 g/mol. The van der Waals surface area contributed by atoms with Crippen molar-refractivity contribution in [3.63, 3.8) is 0 Å². The SMILES string of the molecule is Cc1c(COc2cc(OCc3cccc(C#N)c3)c(CN[C@H](C(=O)O)[C@H](C)O)cc2Cl)cccc1-c1ccccc1. The number of aliphatic carboxylic acids is 1. The van der Waals surface area contributed by atoms with Crippen molar-refractivity contribution in [2.75, 3.05) is 0 Å². The van der Waals surface area contributed by atoms with Crippen LogP contribution in [0.2, 0.25) is 5.02 Å². The van der Waals surface area contributed by atoms with Gasteiger partial charge in [0.2, 0.25) is 0 Å². The second-order valence-electron chi connectivity index (χ2n) is 9.67. The molecule has 0 saturated heterocycles. The first-order valence-electron chi connectivity index (χ1n) is 13.1. The predicted octanol–water partition coefficient (Wildman–Crippen LogP) is 6.27. The Hall–Kier alpha value is -4.35. The zero-order valence-corrected chi connectivity index (χ0v) is 23.6. The molecule has 0 aliphatic carbocycles. The van der Waals surface area contributed by atoms with Crippen molar-refractivity contribution in [2.45, 2.75) is 45.8 Å². The van der Waals surface area contributed by atoms with E-state index in [-0.39, 0.29) is 19.8 Å². The molecule has 41 heavy (non-hydrogen) atoms. The number of carboxylic acids is 1. The van der Waals surface area contributed by atoms with Crippen LogP contribution in [0.5, 0.6) is 11.5 Å². The Morgan fingerprint density at radius 3 is 2.39 bits per heavy atom. The van der Waals surface area contributed by atoms with E-state index in [9.17, 15) is 20.3 Å². The molecule has 0 radical (unpaired) electrons. The number of nitriles is 1. The Kier molecular flexibility index (Phi) is 9.99. The van der Waals surface area contributed by atoms with Gasteiger partial charge in [-0.3, -0.25) is 10.1 Å². The van der Waals surface area contributed by atoms with Gasteiger partial charge in [-0.2, -0.15) is 5.26 Å². The molecule has 0 saturated carbocycles. The van der Waals surface area contributed by atoms with Gasteiger partial charge in [-0.15, -0.1) is 0 Å². The van der Waals surface area contributed by atoms with E-state index < -0.39 is 18.1 Å². The minimum atomic E-state index is -1.18. The maximum atomic E-state index is 11.6. The predicted molar refractivity (Wildman–Crippen MR) is 158 cm³/mol. The topological polar surface area (TPSA) is 112 Å². The molecule has 0 fully saturated rings. The third-order valence-corrected chi connectivity index (χ3v) is 7.04. The summed E-state index contributed by atoms with van der Waals surface area (Å²) in [6, 6.07) is 27.6. The van der Waals surface area contributed by atoms with E-state index in [0.717, 1.165) is 27.8 Å². The van der Waals surface area contributed by atoms with Crippen LogP contribution in [0.25, 0.3) is 11.1 Å². The van der Waals surface area contributed by atoms with Gasteiger partial charge in [0.1, 0.15) is 30.8 Å². The highest BCUT2D eigenvalue weighted by atomic mass is 35.5. The number of carbonyl (C=O) groups is 1. The van der Waals surface area contributed by atoms with Crippen LogP contribution in [0.15, 0.2) is 84.9 Å². The van der Waals surface area contributed by atoms with E-state index in [1.165, 1.54) is 6.92 Å². The molecule has 0 aromatic heterocycles. The van der Waals surface area contributed by atoms with Gasteiger partial charge in [0.15, 0.2) is 0 Å². The zero-order chi connectivity index (χ0) is 29.4. The first-order chi connectivity index (χ1) is 19.8. The molecule has 4 aromatic carbocycles. The summed E-state index contributed by atoms with van der Waals surface area (Å²) < 4.78 is 12.3.